The molecule has 174 valence electrons. The molecule has 0 radical (unpaired) electrons. The fraction of sp³-hybridized carbons (Fsp3) is 0.280. The summed E-state index contributed by atoms with van der Waals surface area (Å²) in [5, 5.41) is 36.1. The van der Waals surface area contributed by atoms with Crippen LogP contribution in [0.2, 0.25) is 0 Å². The van der Waals surface area contributed by atoms with Crippen molar-refractivity contribution in [1.29, 1.82) is 0 Å². The van der Waals surface area contributed by atoms with E-state index in [0.29, 0.717) is 35.5 Å². The molecule has 1 unspecified atom stereocenters. The Morgan fingerprint density at radius 3 is 2.48 bits per heavy atom. The van der Waals surface area contributed by atoms with Gasteiger partial charge in [0.1, 0.15) is 11.6 Å². The lowest BCUT2D eigenvalue weighted by Gasteiger charge is -2.18. The molecule has 33 heavy (non-hydrogen) atoms. The van der Waals surface area contributed by atoms with Gasteiger partial charge in [0.25, 0.3) is 5.91 Å². The minimum atomic E-state index is -0.920. The summed E-state index contributed by atoms with van der Waals surface area (Å²) in [5.41, 5.74) is 8.26. The number of aromatic hydroxyl groups is 1. The highest BCUT2D eigenvalue weighted by Gasteiger charge is 2.14. The normalized spacial score (nSPS) is 13.8. The van der Waals surface area contributed by atoms with Crippen LogP contribution in [0.1, 0.15) is 46.2 Å². The van der Waals surface area contributed by atoms with E-state index in [1.165, 1.54) is 12.1 Å². The molecule has 0 bridgehead atoms. The zero-order chi connectivity index (χ0) is 23.8. The molecule has 1 amide bonds. The molecular weight excluding hydrogens is 420 g/mol. The molecule has 8 nitrogen and oxygen atoms in total. The summed E-state index contributed by atoms with van der Waals surface area (Å²) < 4.78 is 0. The molecule has 7 N–H and O–H groups in total. The largest absolute Gasteiger partial charge is 0.508 e. The second kappa shape index (κ2) is 11.4. The van der Waals surface area contributed by atoms with E-state index in [2.05, 4.69) is 15.6 Å². The third-order valence-electron chi connectivity index (χ3n) is 5.30. The van der Waals surface area contributed by atoms with Gasteiger partial charge in [-0.3, -0.25) is 4.79 Å². The number of pyridine rings is 1. The monoisotopic (exact) mass is 450 g/mol. The lowest BCUT2D eigenvalue weighted by atomic mass is 10.0. The van der Waals surface area contributed by atoms with Crippen LogP contribution in [-0.4, -0.2) is 45.3 Å². The average Bonchev–Trinajstić information content (AvgIpc) is 2.81. The van der Waals surface area contributed by atoms with Gasteiger partial charge in [-0.05, 0) is 54.8 Å². The molecule has 0 saturated heterocycles. The van der Waals surface area contributed by atoms with Crippen molar-refractivity contribution < 1.29 is 20.1 Å². The highest BCUT2D eigenvalue weighted by Crippen LogP contribution is 2.18. The molecule has 3 aromatic rings. The first-order valence-corrected chi connectivity index (χ1v) is 10.8. The number of amides is 1. The molecule has 8 heteroatoms. The number of nitrogen functional groups attached to an aromatic ring is 1. The molecule has 0 spiro atoms. The van der Waals surface area contributed by atoms with E-state index in [-0.39, 0.29) is 24.2 Å². The zero-order valence-electron chi connectivity index (χ0n) is 18.5. The number of aliphatic hydroxyl groups excluding tert-OH is 2. The van der Waals surface area contributed by atoms with E-state index >= 15 is 0 Å². The standard InChI is InChI=1S/C25H30N4O4/c1-16(27-14-23(32)20-8-9-24(26)28-13-20)10-17-4-2-6-19(11-17)25(33)29-15-22(31)18-5-3-7-21(30)12-18/h2-9,11-13,16,22-23,27,30-32H,10,14-15H2,1H3,(H2,26,28)(H,29,33)/t16-,22?,23+/m1/s1. The Hall–Kier alpha value is -3.46. The third kappa shape index (κ3) is 7.28. The lowest BCUT2D eigenvalue weighted by Crippen LogP contribution is -2.32. The van der Waals surface area contributed by atoms with Crippen molar-refractivity contribution in [2.24, 2.45) is 0 Å². The average molecular weight is 451 g/mol. The van der Waals surface area contributed by atoms with Gasteiger partial charge < -0.3 is 31.7 Å². The minimum absolute atomic E-state index is 0.0301. The van der Waals surface area contributed by atoms with Crippen molar-refractivity contribution in [3.05, 3.63) is 89.1 Å². The maximum Gasteiger partial charge on any atom is 0.251 e. The van der Waals surface area contributed by atoms with E-state index in [1.807, 2.05) is 25.1 Å². The summed E-state index contributed by atoms with van der Waals surface area (Å²) in [6.07, 6.45) is 0.609. The fourth-order valence-corrected chi connectivity index (χ4v) is 3.45. The van der Waals surface area contributed by atoms with Crippen LogP contribution in [0, 0.1) is 0 Å². The Balaban J connectivity index is 1.49. The molecule has 3 rings (SSSR count). The number of aliphatic hydroxyl groups is 2. The topological polar surface area (TPSA) is 141 Å². The highest BCUT2D eigenvalue weighted by molar-refractivity contribution is 5.94. The second-order valence-electron chi connectivity index (χ2n) is 8.07. The smallest absolute Gasteiger partial charge is 0.251 e. The summed E-state index contributed by atoms with van der Waals surface area (Å²) >= 11 is 0. The summed E-state index contributed by atoms with van der Waals surface area (Å²) in [5.74, 6) is 0.180. The number of carbonyl (C=O) groups excluding carboxylic acids is 1. The predicted molar refractivity (Wildman–Crippen MR) is 127 cm³/mol. The number of nitrogens with zero attached hydrogens (tertiary/aromatic N) is 1. The van der Waals surface area contributed by atoms with Crippen LogP contribution in [0.15, 0.2) is 66.9 Å². The maximum atomic E-state index is 12.5. The van der Waals surface area contributed by atoms with E-state index in [1.54, 1.807) is 36.5 Å². The van der Waals surface area contributed by atoms with Crippen molar-refractivity contribution >= 4 is 11.7 Å². The van der Waals surface area contributed by atoms with Crippen molar-refractivity contribution in [2.75, 3.05) is 18.8 Å². The third-order valence-corrected chi connectivity index (χ3v) is 5.30. The summed E-state index contributed by atoms with van der Waals surface area (Å²) in [7, 11) is 0. The highest BCUT2D eigenvalue weighted by atomic mass is 16.3. The lowest BCUT2D eigenvalue weighted by molar-refractivity contribution is 0.0916. The van der Waals surface area contributed by atoms with Crippen LogP contribution >= 0.6 is 0 Å². The first-order valence-electron chi connectivity index (χ1n) is 10.8. The molecule has 0 aliphatic heterocycles. The van der Waals surface area contributed by atoms with Crippen molar-refractivity contribution in [3.63, 3.8) is 0 Å². The van der Waals surface area contributed by atoms with Crippen LogP contribution in [0.5, 0.6) is 5.75 Å². The number of rotatable bonds is 10. The van der Waals surface area contributed by atoms with E-state index in [0.717, 1.165) is 5.56 Å². The van der Waals surface area contributed by atoms with Gasteiger partial charge in [0.05, 0.1) is 12.2 Å². The van der Waals surface area contributed by atoms with Crippen LogP contribution in [0.3, 0.4) is 0 Å². The van der Waals surface area contributed by atoms with Crippen LogP contribution in [0.4, 0.5) is 5.82 Å². The van der Waals surface area contributed by atoms with Gasteiger partial charge in [-0.2, -0.15) is 0 Å². The number of aromatic nitrogens is 1. The molecule has 0 fully saturated rings. The number of phenols is 1. The Bertz CT molecular complexity index is 1060. The van der Waals surface area contributed by atoms with Crippen molar-refractivity contribution in [1.82, 2.24) is 15.6 Å². The Labute approximate surface area is 193 Å². The predicted octanol–water partition coefficient (Wildman–Crippen LogP) is 2.09. The number of benzene rings is 2. The summed E-state index contributed by atoms with van der Waals surface area (Å²) in [6.45, 7) is 2.40. The second-order valence-corrected chi connectivity index (χ2v) is 8.07. The molecule has 2 aromatic carbocycles. The Kier molecular flexibility index (Phi) is 8.37. The van der Waals surface area contributed by atoms with Gasteiger partial charge in [-0.1, -0.05) is 30.3 Å². The van der Waals surface area contributed by atoms with Gasteiger partial charge in [0.15, 0.2) is 0 Å². The SMILES string of the molecule is C[C@H](Cc1cccc(C(=O)NCC(O)c2cccc(O)c2)c1)NC[C@H](O)c1ccc(N)nc1. The van der Waals surface area contributed by atoms with Gasteiger partial charge >= 0.3 is 0 Å². The zero-order valence-corrected chi connectivity index (χ0v) is 18.5. The number of hydrogen-bond donors (Lipinski definition) is 6. The molecule has 1 heterocycles. The number of nitrogens with two attached hydrogens (primary N) is 1. The molecular formula is C25H30N4O4. The number of nitrogens with one attached hydrogen (secondary N) is 2. The molecule has 3 atom stereocenters. The Morgan fingerprint density at radius 1 is 1.00 bits per heavy atom. The number of phenolic OH excluding ortho intramolecular Hbond substituents is 1. The number of carbonyl (C=O) groups is 1. The molecule has 0 aliphatic rings. The summed E-state index contributed by atoms with van der Waals surface area (Å²) in [6, 6.07) is 17.1. The van der Waals surface area contributed by atoms with E-state index in [4.69, 9.17) is 5.73 Å². The van der Waals surface area contributed by atoms with Crippen LogP contribution in [-0.2, 0) is 6.42 Å². The Morgan fingerprint density at radius 2 is 1.76 bits per heavy atom. The first-order chi connectivity index (χ1) is 15.8. The minimum Gasteiger partial charge on any atom is -0.508 e. The molecule has 0 saturated carbocycles. The molecule has 0 aliphatic carbocycles. The quantitative estimate of drug-likeness (QED) is 0.278. The number of hydrogen-bond acceptors (Lipinski definition) is 7. The van der Waals surface area contributed by atoms with Crippen LogP contribution in [0.25, 0.3) is 0 Å². The summed E-state index contributed by atoms with van der Waals surface area (Å²) in [4.78, 5) is 16.5. The van der Waals surface area contributed by atoms with Gasteiger partial charge in [-0.15, -0.1) is 0 Å². The molecule has 1 aromatic heterocycles. The number of anilines is 1. The fourth-order valence-electron chi connectivity index (χ4n) is 3.45. The van der Waals surface area contributed by atoms with E-state index < -0.39 is 12.2 Å². The van der Waals surface area contributed by atoms with Crippen molar-refractivity contribution in [2.45, 2.75) is 31.6 Å². The first kappa shape index (κ1) is 24.2. The van der Waals surface area contributed by atoms with E-state index in [9.17, 15) is 20.1 Å². The van der Waals surface area contributed by atoms with Crippen LogP contribution < -0.4 is 16.4 Å². The van der Waals surface area contributed by atoms with Gasteiger partial charge in [0.2, 0.25) is 0 Å². The van der Waals surface area contributed by atoms with Gasteiger partial charge in [0, 0.05) is 36.5 Å². The van der Waals surface area contributed by atoms with Crippen molar-refractivity contribution in [3.8, 4) is 5.75 Å². The van der Waals surface area contributed by atoms with Gasteiger partial charge in [-0.25, -0.2) is 4.98 Å². The maximum absolute atomic E-state index is 12.5.